The molecule has 0 aliphatic carbocycles. The number of ether oxygens (including phenoxy) is 3. The number of rotatable bonds is 19. The number of nitrogens with zero attached hydrogens (tertiary/aromatic N) is 3. The van der Waals surface area contributed by atoms with Gasteiger partial charge in [0.15, 0.2) is 11.5 Å². The highest BCUT2D eigenvalue weighted by Gasteiger charge is 2.44. The van der Waals surface area contributed by atoms with Crippen LogP contribution in [0.4, 0.5) is 0 Å². The van der Waals surface area contributed by atoms with Gasteiger partial charge in [-0.25, -0.2) is 0 Å². The number of piperidine rings is 3. The van der Waals surface area contributed by atoms with Crippen molar-refractivity contribution in [2.24, 2.45) is 0 Å². The van der Waals surface area contributed by atoms with E-state index in [-0.39, 0.29) is 85.3 Å². The number of hydrogen-bond acceptors (Lipinski definition) is 18. The third-order valence-electron chi connectivity index (χ3n) is 17.0. The van der Waals surface area contributed by atoms with Gasteiger partial charge in [0, 0.05) is 113 Å². The Kier molecular flexibility index (Phi) is 20.0. The number of carbonyl (C=O) groups excluding carboxylic acids is 12. The van der Waals surface area contributed by atoms with Crippen LogP contribution < -0.4 is 30.2 Å². The summed E-state index contributed by atoms with van der Waals surface area (Å²) in [5.74, 6) is -0.496. The number of carbonyl (C=O) groups is 12. The SMILES string of the molecule is COc1ccc(CC(=O)CCc2scc3c2CN(C2CCC(=O)NC2=O)C3=O)cc1Cl.Cc1cc(Cl)cc(CC(=O)CCc2scc3c2CN(C2CCC(=O)NC2=O)C3=O)c1.O=C(CCc1scc2c1CN(C1CCC(=O)NC1=O)C2=O)Cc1ccc2c(c1)OCO2. The largest absolute Gasteiger partial charge is 0.495 e. The van der Waals surface area contributed by atoms with Gasteiger partial charge in [-0.3, -0.25) is 73.5 Å². The predicted octanol–water partition coefficient (Wildman–Crippen LogP) is 8.11. The maximum absolute atomic E-state index is 12.8. The second-order valence-corrected chi connectivity index (χ2v) is 27.0. The highest BCUT2D eigenvalue weighted by Crippen LogP contribution is 2.39. The molecule has 7 aliphatic rings. The number of amides is 9. The molecule has 3 fully saturated rings. The highest BCUT2D eigenvalue weighted by atomic mass is 35.5. The van der Waals surface area contributed by atoms with Gasteiger partial charge in [0.1, 0.15) is 41.2 Å². The van der Waals surface area contributed by atoms with Gasteiger partial charge < -0.3 is 28.9 Å². The summed E-state index contributed by atoms with van der Waals surface area (Å²) in [6.45, 7) is 3.17. The predicted molar refractivity (Wildman–Crippen MR) is 339 cm³/mol. The van der Waals surface area contributed by atoms with E-state index in [9.17, 15) is 57.5 Å². The summed E-state index contributed by atoms with van der Waals surface area (Å²) in [5, 5.41) is 13.4. The van der Waals surface area contributed by atoms with Crippen molar-refractivity contribution in [3.8, 4) is 17.2 Å². The molecule has 10 heterocycles. The standard InChI is InChI=1S/C22H21ClN2O5S.C22H21ClN2O4S.C22H20N2O6S/c1-30-18-5-2-12(9-16(18)23)8-13(26)3-6-19-14-10-25(22(29)15(14)11-31-19)17-4-7-20(27)24-21(17)28;1-12-6-13(8-14(23)7-12)9-15(26)2-4-19-16-10-25(22(29)17(16)11-30-19)18-3-5-20(27)24-21(18)28;25-13(7-12-1-4-17-18(8-12)30-11-29-17)2-5-19-14-9-24(22(28)15(14)10-31-19)16-3-6-20(26)23-21(16)27/h2,5,9,11,17H,3-4,6-8,10H2,1H3,(H,24,27,28);6-8,11,18H,2-5,9-10H2,1H3,(H,24,27,28);1,4,8,10,16H,2-3,5-7,9,11H2,(H,23,26,27). The zero-order chi connectivity index (χ0) is 65.1. The first-order valence-corrected chi connectivity index (χ1v) is 33.3. The molecule has 0 radical (unpaired) electrons. The molecule has 3 N–H and O–H groups in total. The number of methoxy groups -OCH3 is 1. The van der Waals surface area contributed by atoms with E-state index < -0.39 is 35.8 Å². The van der Waals surface area contributed by atoms with E-state index in [0.29, 0.717) is 134 Å². The van der Waals surface area contributed by atoms with Crippen molar-refractivity contribution in [1.29, 1.82) is 0 Å². The van der Waals surface area contributed by atoms with E-state index in [1.54, 1.807) is 27.8 Å². The topological polar surface area (TPSA) is 278 Å². The third-order valence-corrected chi connectivity index (χ3v) is 20.8. The fourth-order valence-corrected chi connectivity index (χ4v) is 16.0. The maximum atomic E-state index is 12.8. The zero-order valence-corrected chi connectivity index (χ0v) is 54.0. The molecule has 3 unspecified atom stereocenters. The molecule has 21 nitrogen and oxygen atoms in total. The second kappa shape index (κ2) is 28.2. The van der Waals surface area contributed by atoms with Gasteiger partial charge in [0.2, 0.25) is 42.2 Å². The number of benzene rings is 3. The number of nitrogens with one attached hydrogen (secondary N) is 3. The summed E-state index contributed by atoms with van der Waals surface area (Å²) < 4.78 is 15.8. The average molecular weight is 1350 g/mol. The number of imide groups is 3. The molecule has 0 spiro atoms. The van der Waals surface area contributed by atoms with Crippen molar-refractivity contribution in [3.63, 3.8) is 0 Å². The fourth-order valence-electron chi connectivity index (χ4n) is 12.3. The van der Waals surface area contributed by atoms with Crippen LogP contribution in [-0.2, 0) is 101 Å². The Balaban J connectivity index is 0.000000141. The summed E-state index contributed by atoms with van der Waals surface area (Å²) in [4.78, 5) is 154. The lowest BCUT2D eigenvalue weighted by atomic mass is 10.0. The van der Waals surface area contributed by atoms with Gasteiger partial charge in [-0.2, -0.15) is 0 Å². The molecule has 3 atom stereocenters. The first-order valence-electron chi connectivity index (χ1n) is 29.9. The number of ketones is 3. The van der Waals surface area contributed by atoms with E-state index >= 15 is 0 Å². The van der Waals surface area contributed by atoms with E-state index in [1.807, 2.05) is 54.8 Å². The Morgan fingerprint density at radius 1 is 0.522 bits per heavy atom. The van der Waals surface area contributed by atoms with Crippen molar-refractivity contribution in [2.75, 3.05) is 13.9 Å². The highest BCUT2D eigenvalue weighted by molar-refractivity contribution is 7.11. The van der Waals surface area contributed by atoms with Crippen LogP contribution in [0.3, 0.4) is 0 Å². The molecule has 478 valence electrons. The monoisotopic (exact) mass is 1340 g/mol. The van der Waals surface area contributed by atoms with Crippen LogP contribution in [0.25, 0.3) is 0 Å². The van der Waals surface area contributed by atoms with E-state index in [2.05, 4.69) is 16.0 Å². The number of Topliss-reactive ketones (excluding diaryl/α,β-unsaturated/α-hetero) is 3. The van der Waals surface area contributed by atoms with Crippen LogP contribution in [0, 0.1) is 6.92 Å². The molecule has 13 rings (SSSR count). The number of thiophene rings is 3. The smallest absolute Gasteiger partial charge is 0.256 e. The van der Waals surface area contributed by atoms with Crippen LogP contribution in [0.15, 0.2) is 70.7 Å². The van der Waals surface area contributed by atoms with Gasteiger partial charge in [0.05, 0.1) is 28.8 Å². The first kappa shape index (κ1) is 65.1. The number of hydrogen-bond donors (Lipinski definition) is 3. The van der Waals surface area contributed by atoms with Crippen molar-refractivity contribution < 1.29 is 71.7 Å². The lowest BCUT2D eigenvalue weighted by molar-refractivity contribution is -0.138. The number of fused-ring (bicyclic) bond motifs is 4. The normalized spacial score (nSPS) is 18.8. The number of halogens is 2. The van der Waals surface area contributed by atoms with E-state index in [1.165, 1.54) is 50.9 Å². The average Bonchev–Trinajstić information content (AvgIpc) is 1.66. The molecule has 7 aliphatic heterocycles. The summed E-state index contributed by atoms with van der Waals surface area (Å²) >= 11 is 16.6. The fraction of sp³-hybridized carbons (Fsp3) is 0.364. The molecule has 6 aromatic rings. The van der Waals surface area contributed by atoms with Gasteiger partial charge in [0.25, 0.3) is 17.7 Å². The Labute approximate surface area is 550 Å². The van der Waals surface area contributed by atoms with E-state index in [0.717, 1.165) is 53.6 Å². The minimum atomic E-state index is -0.628. The van der Waals surface area contributed by atoms with Crippen LogP contribution in [0.2, 0.25) is 10.0 Å². The minimum absolute atomic E-state index is 0.0785. The van der Waals surface area contributed by atoms with Crippen LogP contribution >= 0.6 is 57.2 Å². The zero-order valence-electron chi connectivity index (χ0n) is 50.0. The van der Waals surface area contributed by atoms with Crippen molar-refractivity contribution >= 4 is 128 Å². The van der Waals surface area contributed by atoms with Crippen molar-refractivity contribution in [1.82, 2.24) is 30.7 Å². The molecule has 92 heavy (non-hydrogen) atoms. The van der Waals surface area contributed by atoms with Crippen LogP contribution in [0.5, 0.6) is 17.2 Å². The third kappa shape index (κ3) is 14.6. The molecule has 3 aromatic carbocycles. The lowest BCUT2D eigenvalue weighted by Crippen LogP contribution is -2.52. The van der Waals surface area contributed by atoms with Gasteiger partial charge in [-0.05, 0) is 121 Å². The Hall–Kier alpha value is -8.42. The lowest BCUT2D eigenvalue weighted by Gasteiger charge is -2.29. The minimum Gasteiger partial charge on any atom is -0.495 e. The summed E-state index contributed by atoms with van der Waals surface area (Å²) in [5.41, 5.74) is 8.13. The summed E-state index contributed by atoms with van der Waals surface area (Å²) in [6.07, 6.45) is 5.39. The van der Waals surface area contributed by atoms with Gasteiger partial charge >= 0.3 is 0 Å². The van der Waals surface area contributed by atoms with Crippen LogP contribution in [0.1, 0.15) is 142 Å². The van der Waals surface area contributed by atoms with Gasteiger partial charge in [-0.1, -0.05) is 41.4 Å². The molecule has 0 bridgehead atoms. The molecule has 26 heteroatoms. The molecular formula is C66H62Cl2N6O15S3. The van der Waals surface area contributed by atoms with Gasteiger partial charge in [-0.15, -0.1) is 34.0 Å². The molecular weight excluding hydrogens is 1280 g/mol. The Morgan fingerprint density at radius 3 is 1.33 bits per heavy atom. The molecule has 0 saturated carbocycles. The Morgan fingerprint density at radius 2 is 0.924 bits per heavy atom. The maximum Gasteiger partial charge on any atom is 0.256 e. The molecule has 3 saturated heterocycles. The van der Waals surface area contributed by atoms with Crippen LogP contribution in [-0.4, -0.2) is 117 Å². The molecule has 9 amide bonds. The second-order valence-electron chi connectivity index (χ2n) is 23.3. The van der Waals surface area contributed by atoms with Crippen molar-refractivity contribution in [2.45, 2.75) is 141 Å². The quantitative estimate of drug-likeness (QED) is 0.0646. The Bertz CT molecular complexity index is 4030. The van der Waals surface area contributed by atoms with E-state index in [4.69, 9.17) is 37.4 Å². The summed E-state index contributed by atoms with van der Waals surface area (Å²) in [7, 11) is 1.54. The van der Waals surface area contributed by atoms with Crippen molar-refractivity contribution in [3.05, 3.63) is 151 Å². The number of aryl methyl sites for hydroxylation is 4. The molecule has 3 aromatic heterocycles. The summed E-state index contributed by atoms with van der Waals surface area (Å²) in [6, 6.07) is 14.6. The first-order chi connectivity index (χ1) is 44.2.